The lowest BCUT2D eigenvalue weighted by molar-refractivity contribution is -0.145. The van der Waals surface area contributed by atoms with E-state index in [2.05, 4.69) is 10.2 Å². The molecular weight excluding hydrogens is 282 g/mol. The number of H-pyrrole nitrogens is 1. The molecule has 112 valence electrons. The number of hydrogen-bond acceptors (Lipinski definition) is 4. The summed E-state index contributed by atoms with van der Waals surface area (Å²) >= 11 is 0. The monoisotopic (exact) mass is 296 g/mol. The van der Waals surface area contributed by atoms with Gasteiger partial charge in [0.15, 0.2) is 6.61 Å². The maximum Gasteiger partial charge on any atom is 0.344 e. The molecule has 1 N–H and O–H groups in total. The van der Waals surface area contributed by atoms with Crippen LogP contribution in [-0.4, -0.2) is 29.4 Å². The SMILES string of the molecule is CCOC(=O)COc1cccc(-c2cc(C(F)F)[nH]n2)c1. The van der Waals surface area contributed by atoms with E-state index >= 15 is 0 Å². The molecule has 2 rings (SSSR count). The van der Waals surface area contributed by atoms with Gasteiger partial charge in [-0.2, -0.15) is 5.10 Å². The van der Waals surface area contributed by atoms with Crippen LogP contribution in [0.1, 0.15) is 19.0 Å². The average Bonchev–Trinajstić information content (AvgIpc) is 2.96. The number of halogens is 2. The molecule has 0 aliphatic rings. The highest BCUT2D eigenvalue weighted by Crippen LogP contribution is 2.25. The molecule has 0 saturated heterocycles. The van der Waals surface area contributed by atoms with E-state index in [0.29, 0.717) is 17.0 Å². The minimum absolute atomic E-state index is 0.208. The van der Waals surface area contributed by atoms with Crippen LogP contribution in [0.4, 0.5) is 8.78 Å². The zero-order valence-corrected chi connectivity index (χ0v) is 11.3. The maximum atomic E-state index is 12.5. The van der Waals surface area contributed by atoms with Crippen molar-refractivity contribution >= 4 is 5.97 Å². The van der Waals surface area contributed by atoms with Crippen LogP contribution in [0.15, 0.2) is 30.3 Å². The van der Waals surface area contributed by atoms with Gasteiger partial charge in [-0.25, -0.2) is 13.6 Å². The van der Waals surface area contributed by atoms with E-state index in [4.69, 9.17) is 9.47 Å². The zero-order valence-electron chi connectivity index (χ0n) is 11.3. The van der Waals surface area contributed by atoms with E-state index in [-0.39, 0.29) is 18.9 Å². The topological polar surface area (TPSA) is 64.2 Å². The van der Waals surface area contributed by atoms with Gasteiger partial charge in [0.05, 0.1) is 12.3 Å². The van der Waals surface area contributed by atoms with Gasteiger partial charge in [0.2, 0.25) is 0 Å². The molecule has 0 saturated carbocycles. The number of carbonyl (C=O) groups is 1. The molecule has 2 aromatic rings. The van der Waals surface area contributed by atoms with Gasteiger partial charge in [-0.15, -0.1) is 0 Å². The Bertz CT molecular complexity index is 614. The number of hydrogen-bond donors (Lipinski definition) is 1. The first-order valence-corrected chi connectivity index (χ1v) is 6.32. The second-order valence-electron chi connectivity index (χ2n) is 4.13. The first-order valence-electron chi connectivity index (χ1n) is 6.32. The number of ether oxygens (including phenoxy) is 2. The van der Waals surface area contributed by atoms with Crippen molar-refractivity contribution in [3.63, 3.8) is 0 Å². The van der Waals surface area contributed by atoms with Crippen molar-refractivity contribution in [2.24, 2.45) is 0 Å². The highest BCUT2D eigenvalue weighted by Gasteiger charge is 2.12. The zero-order chi connectivity index (χ0) is 15.2. The fourth-order valence-electron chi connectivity index (χ4n) is 1.69. The van der Waals surface area contributed by atoms with Crippen molar-refractivity contribution in [2.75, 3.05) is 13.2 Å². The maximum absolute atomic E-state index is 12.5. The molecule has 0 aliphatic heterocycles. The van der Waals surface area contributed by atoms with Gasteiger partial charge >= 0.3 is 5.97 Å². The van der Waals surface area contributed by atoms with Gasteiger partial charge in [0, 0.05) is 5.56 Å². The average molecular weight is 296 g/mol. The Balaban J connectivity index is 2.08. The summed E-state index contributed by atoms with van der Waals surface area (Å²) in [6.07, 6.45) is -2.60. The predicted octanol–water partition coefficient (Wildman–Crippen LogP) is 2.96. The van der Waals surface area contributed by atoms with E-state index in [1.165, 1.54) is 6.07 Å². The summed E-state index contributed by atoms with van der Waals surface area (Å²) in [6, 6.07) is 7.94. The third-order valence-corrected chi connectivity index (χ3v) is 2.62. The normalized spacial score (nSPS) is 10.7. The van der Waals surface area contributed by atoms with Crippen LogP contribution in [-0.2, 0) is 9.53 Å². The molecule has 21 heavy (non-hydrogen) atoms. The molecule has 0 spiro atoms. The molecule has 0 unspecified atom stereocenters. The molecule has 5 nitrogen and oxygen atoms in total. The van der Waals surface area contributed by atoms with Gasteiger partial charge in [-0.1, -0.05) is 12.1 Å². The van der Waals surface area contributed by atoms with Crippen molar-refractivity contribution in [2.45, 2.75) is 13.3 Å². The Morgan fingerprint density at radius 2 is 2.19 bits per heavy atom. The summed E-state index contributed by atoms with van der Waals surface area (Å²) < 4.78 is 35.0. The Morgan fingerprint density at radius 1 is 1.38 bits per heavy atom. The number of nitrogens with zero attached hydrogens (tertiary/aromatic N) is 1. The molecule has 0 radical (unpaired) electrons. The smallest absolute Gasteiger partial charge is 0.344 e. The van der Waals surface area contributed by atoms with Gasteiger partial charge in [-0.3, -0.25) is 5.10 Å². The van der Waals surface area contributed by atoms with Gasteiger partial charge < -0.3 is 9.47 Å². The fraction of sp³-hybridized carbons (Fsp3) is 0.286. The predicted molar refractivity (Wildman–Crippen MR) is 71.1 cm³/mol. The highest BCUT2D eigenvalue weighted by atomic mass is 19.3. The summed E-state index contributed by atoms with van der Waals surface area (Å²) in [5.41, 5.74) is 0.745. The molecule has 7 heteroatoms. The Hall–Kier alpha value is -2.44. The van der Waals surface area contributed by atoms with E-state index in [1.54, 1.807) is 31.2 Å². The van der Waals surface area contributed by atoms with Gasteiger partial charge in [-0.05, 0) is 25.1 Å². The van der Waals surface area contributed by atoms with Crippen LogP contribution < -0.4 is 4.74 Å². The number of aromatic nitrogens is 2. The largest absolute Gasteiger partial charge is 0.482 e. The Kier molecular flexibility index (Phi) is 4.86. The number of benzene rings is 1. The second kappa shape index (κ2) is 6.83. The molecule has 1 aromatic carbocycles. The first-order chi connectivity index (χ1) is 10.1. The molecule has 0 atom stereocenters. The van der Waals surface area contributed by atoms with Crippen molar-refractivity contribution in [1.82, 2.24) is 10.2 Å². The lowest BCUT2D eigenvalue weighted by atomic mass is 10.1. The molecule has 0 amide bonds. The van der Waals surface area contributed by atoms with Crippen LogP contribution in [0.2, 0.25) is 0 Å². The first kappa shape index (κ1) is 15.0. The standard InChI is InChI=1S/C14H14F2N2O3/c1-2-20-13(19)8-21-10-5-3-4-9(6-10)11-7-12(14(15)16)18-17-11/h3-7,14H,2,8H2,1H3,(H,17,18). The number of esters is 1. The summed E-state index contributed by atoms with van der Waals surface area (Å²) in [4.78, 5) is 11.2. The molecule has 1 aromatic heterocycles. The summed E-state index contributed by atoms with van der Waals surface area (Å²) in [7, 11) is 0. The lowest BCUT2D eigenvalue weighted by Gasteiger charge is -2.06. The van der Waals surface area contributed by atoms with Crippen LogP contribution in [0.3, 0.4) is 0 Å². The Morgan fingerprint density at radius 3 is 2.86 bits per heavy atom. The third-order valence-electron chi connectivity index (χ3n) is 2.62. The number of aromatic amines is 1. The van der Waals surface area contributed by atoms with Crippen molar-refractivity contribution < 1.29 is 23.0 Å². The molecule has 1 heterocycles. The molecule has 0 aliphatic carbocycles. The minimum atomic E-state index is -2.60. The minimum Gasteiger partial charge on any atom is -0.482 e. The van der Waals surface area contributed by atoms with E-state index in [0.717, 1.165) is 0 Å². The molecular formula is C14H14F2N2O3. The van der Waals surface area contributed by atoms with E-state index in [9.17, 15) is 13.6 Å². The number of carbonyl (C=O) groups excluding carboxylic acids is 1. The summed E-state index contributed by atoms with van der Waals surface area (Å²) in [6.45, 7) is 1.78. The van der Waals surface area contributed by atoms with E-state index < -0.39 is 12.4 Å². The van der Waals surface area contributed by atoms with Gasteiger partial charge in [0.1, 0.15) is 11.4 Å². The number of alkyl halides is 2. The third kappa shape index (κ3) is 4.01. The molecule has 0 fully saturated rings. The number of rotatable bonds is 6. The quantitative estimate of drug-likeness (QED) is 0.832. The van der Waals surface area contributed by atoms with Crippen LogP contribution in [0.25, 0.3) is 11.3 Å². The fourth-order valence-corrected chi connectivity index (χ4v) is 1.69. The van der Waals surface area contributed by atoms with Crippen molar-refractivity contribution in [3.8, 4) is 17.0 Å². The molecule has 0 bridgehead atoms. The van der Waals surface area contributed by atoms with Crippen LogP contribution >= 0.6 is 0 Å². The van der Waals surface area contributed by atoms with Crippen molar-refractivity contribution in [3.05, 3.63) is 36.0 Å². The summed E-state index contributed by atoms with van der Waals surface area (Å²) in [5, 5.41) is 6.10. The van der Waals surface area contributed by atoms with Crippen LogP contribution in [0.5, 0.6) is 5.75 Å². The van der Waals surface area contributed by atoms with Gasteiger partial charge in [0.25, 0.3) is 6.43 Å². The highest BCUT2D eigenvalue weighted by molar-refractivity contribution is 5.71. The van der Waals surface area contributed by atoms with Crippen LogP contribution in [0, 0.1) is 0 Å². The second-order valence-corrected chi connectivity index (χ2v) is 4.13. The lowest BCUT2D eigenvalue weighted by Crippen LogP contribution is -2.14. The summed E-state index contributed by atoms with van der Waals surface area (Å²) in [5.74, 6) is -0.0372. The van der Waals surface area contributed by atoms with Crippen molar-refractivity contribution in [1.29, 1.82) is 0 Å². The Labute approximate surface area is 119 Å². The number of nitrogens with one attached hydrogen (secondary N) is 1. The van der Waals surface area contributed by atoms with E-state index in [1.807, 2.05) is 0 Å².